The molecule has 1 aromatic heterocycles. The van der Waals surface area contributed by atoms with Gasteiger partial charge in [0, 0.05) is 56.9 Å². The zero-order valence-corrected chi connectivity index (χ0v) is 14.1. The Morgan fingerprint density at radius 2 is 2.09 bits per heavy atom. The summed E-state index contributed by atoms with van der Waals surface area (Å²) >= 11 is 0. The minimum atomic E-state index is -0.804. The molecule has 2 aliphatic rings. The molecule has 3 heterocycles. The predicted molar refractivity (Wildman–Crippen MR) is 90.5 cm³/mol. The van der Waals surface area contributed by atoms with Crippen LogP contribution in [-0.2, 0) is 4.79 Å². The van der Waals surface area contributed by atoms with E-state index >= 15 is 0 Å². The summed E-state index contributed by atoms with van der Waals surface area (Å²) in [7, 11) is 0. The molecule has 0 bridgehead atoms. The molecule has 23 heavy (non-hydrogen) atoms. The van der Waals surface area contributed by atoms with E-state index in [0.29, 0.717) is 5.92 Å². The van der Waals surface area contributed by atoms with Crippen LogP contribution in [0.3, 0.4) is 0 Å². The van der Waals surface area contributed by atoms with Gasteiger partial charge in [-0.2, -0.15) is 5.10 Å². The van der Waals surface area contributed by atoms with E-state index < -0.39 is 5.54 Å². The van der Waals surface area contributed by atoms with Crippen LogP contribution in [0.15, 0.2) is 6.07 Å². The first-order chi connectivity index (χ1) is 10.9. The summed E-state index contributed by atoms with van der Waals surface area (Å²) in [5.74, 6) is 1.37. The Morgan fingerprint density at radius 3 is 2.78 bits per heavy atom. The van der Waals surface area contributed by atoms with Crippen molar-refractivity contribution in [3.63, 3.8) is 0 Å². The van der Waals surface area contributed by atoms with Crippen LogP contribution >= 0.6 is 0 Å². The van der Waals surface area contributed by atoms with Gasteiger partial charge in [-0.05, 0) is 26.7 Å². The van der Waals surface area contributed by atoms with Gasteiger partial charge in [-0.3, -0.25) is 9.89 Å². The molecule has 4 N–H and O–H groups in total. The minimum absolute atomic E-state index is 0.0315. The molecule has 1 aromatic rings. The van der Waals surface area contributed by atoms with E-state index in [1.54, 1.807) is 13.8 Å². The molecule has 2 saturated heterocycles. The Bertz CT molecular complexity index is 543. The van der Waals surface area contributed by atoms with Crippen molar-refractivity contribution < 1.29 is 4.79 Å². The number of H-pyrrole nitrogens is 1. The second kappa shape index (κ2) is 6.49. The number of piperidine rings is 1. The molecule has 128 valence electrons. The van der Waals surface area contributed by atoms with Crippen molar-refractivity contribution in [1.82, 2.24) is 20.4 Å². The molecule has 7 nitrogen and oxygen atoms in total. The normalized spacial score (nSPS) is 23.2. The van der Waals surface area contributed by atoms with Gasteiger partial charge in [-0.1, -0.05) is 0 Å². The molecule has 3 rings (SSSR count). The number of anilines is 1. The van der Waals surface area contributed by atoms with E-state index in [1.807, 2.05) is 4.90 Å². The van der Waals surface area contributed by atoms with Gasteiger partial charge in [0.1, 0.15) is 0 Å². The lowest BCUT2D eigenvalue weighted by atomic mass is 9.93. The number of carbonyl (C=O) groups is 1. The van der Waals surface area contributed by atoms with Crippen molar-refractivity contribution in [2.45, 2.75) is 38.1 Å². The molecule has 0 aliphatic carbocycles. The summed E-state index contributed by atoms with van der Waals surface area (Å²) in [6, 6.07) is 2.15. The van der Waals surface area contributed by atoms with Crippen LogP contribution in [0.25, 0.3) is 0 Å². The van der Waals surface area contributed by atoms with Gasteiger partial charge in [0.15, 0.2) is 5.82 Å². The zero-order chi connectivity index (χ0) is 16.4. The van der Waals surface area contributed by atoms with Crippen molar-refractivity contribution in [1.29, 1.82) is 0 Å². The molecule has 0 spiro atoms. The van der Waals surface area contributed by atoms with Gasteiger partial charge in [0.05, 0.1) is 5.54 Å². The number of piperazine rings is 1. The third-order valence-electron chi connectivity index (χ3n) is 4.72. The zero-order valence-electron chi connectivity index (χ0n) is 14.1. The number of carbonyl (C=O) groups excluding carboxylic acids is 1. The molecule has 1 amide bonds. The SMILES string of the molecule is CC(C)(N)C(=O)N1CCCC(c2cc(N3CCNCC3)n[nH]2)C1. The van der Waals surface area contributed by atoms with Crippen molar-refractivity contribution in [3.8, 4) is 0 Å². The fourth-order valence-corrected chi connectivity index (χ4v) is 3.41. The summed E-state index contributed by atoms with van der Waals surface area (Å²) in [6.07, 6.45) is 2.09. The highest BCUT2D eigenvalue weighted by atomic mass is 16.2. The highest BCUT2D eigenvalue weighted by molar-refractivity contribution is 5.85. The Balaban J connectivity index is 1.67. The topological polar surface area (TPSA) is 90.3 Å². The molecule has 7 heteroatoms. The van der Waals surface area contributed by atoms with Crippen LogP contribution in [0.2, 0.25) is 0 Å². The first kappa shape index (κ1) is 16.3. The van der Waals surface area contributed by atoms with Gasteiger partial charge >= 0.3 is 0 Å². The molecule has 2 fully saturated rings. The fourth-order valence-electron chi connectivity index (χ4n) is 3.41. The van der Waals surface area contributed by atoms with Gasteiger partial charge < -0.3 is 20.9 Å². The first-order valence-corrected chi connectivity index (χ1v) is 8.54. The Hall–Kier alpha value is -1.60. The van der Waals surface area contributed by atoms with E-state index in [-0.39, 0.29) is 5.91 Å². The molecule has 0 aromatic carbocycles. The largest absolute Gasteiger partial charge is 0.353 e. The van der Waals surface area contributed by atoms with Gasteiger partial charge in [-0.15, -0.1) is 0 Å². The lowest BCUT2D eigenvalue weighted by Gasteiger charge is -2.36. The Labute approximate surface area is 137 Å². The molecule has 0 radical (unpaired) electrons. The number of aromatic amines is 1. The van der Waals surface area contributed by atoms with Gasteiger partial charge in [-0.25, -0.2) is 0 Å². The number of hydrogen-bond donors (Lipinski definition) is 3. The van der Waals surface area contributed by atoms with Crippen LogP contribution < -0.4 is 16.0 Å². The molecule has 1 atom stereocenters. The minimum Gasteiger partial charge on any atom is -0.353 e. The third-order valence-corrected chi connectivity index (χ3v) is 4.72. The Morgan fingerprint density at radius 1 is 1.35 bits per heavy atom. The van der Waals surface area contributed by atoms with E-state index in [4.69, 9.17) is 5.73 Å². The van der Waals surface area contributed by atoms with Crippen molar-refractivity contribution >= 4 is 11.7 Å². The average molecular weight is 320 g/mol. The monoisotopic (exact) mass is 320 g/mol. The standard InChI is InChI=1S/C16H28N6O/c1-16(2,17)15(23)22-7-3-4-12(11-22)13-10-14(20-19-13)21-8-5-18-6-9-21/h10,12,18H,3-9,11,17H2,1-2H3,(H,19,20). The number of rotatable bonds is 3. The summed E-state index contributed by atoms with van der Waals surface area (Å²) < 4.78 is 0. The van der Waals surface area contributed by atoms with Crippen molar-refractivity contribution in [3.05, 3.63) is 11.8 Å². The maximum Gasteiger partial charge on any atom is 0.242 e. The second-order valence-electron chi connectivity index (χ2n) is 7.23. The van der Waals surface area contributed by atoms with Crippen molar-refractivity contribution in [2.24, 2.45) is 5.73 Å². The number of likely N-dealkylation sites (tertiary alicyclic amines) is 1. The molecule has 2 aliphatic heterocycles. The van der Waals surface area contributed by atoms with Crippen LogP contribution in [0.5, 0.6) is 0 Å². The maximum absolute atomic E-state index is 12.4. The smallest absolute Gasteiger partial charge is 0.242 e. The lowest BCUT2D eigenvalue weighted by Crippen LogP contribution is -2.53. The molecule has 0 saturated carbocycles. The van der Waals surface area contributed by atoms with Crippen LogP contribution in [0.4, 0.5) is 5.82 Å². The number of aromatic nitrogens is 2. The summed E-state index contributed by atoms with van der Waals surface area (Å²) in [5.41, 5.74) is 6.30. The number of nitrogens with one attached hydrogen (secondary N) is 2. The highest BCUT2D eigenvalue weighted by Gasteiger charge is 2.32. The van der Waals surface area contributed by atoms with Crippen LogP contribution in [0, 0.1) is 0 Å². The second-order valence-corrected chi connectivity index (χ2v) is 7.23. The van der Waals surface area contributed by atoms with E-state index in [2.05, 4.69) is 26.5 Å². The number of nitrogens with zero attached hydrogens (tertiary/aromatic N) is 3. The summed E-state index contributed by atoms with van der Waals surface area (Å²) in [5, 5.41) is 11.0. The average Bonchev–Trinajstić information content (AvgIpc) is 3.04. The van der Waals surface area contributed by atoms with Gasteiger partial charge in [0.2, 0.25) is 5.91 Å². The first-order valence-electron chi connectivity index (χ1n) is 8.54. The van der Waals surface area contributed by atoms with E-state index in [0.717, 1.165) is 63.6 Å². The lowest BCUT2D eigenvalue weighted by molar-refractivity contribution is -0.137. The van der Waals surface area contributed by atoms with Crippen LogP contribution in [-0.4, -0.2) is 65.8 Å². The Kier molecular flexibility index (Phi) is 4.59. The predicted octanol–water partition coefficient (Wildman–Crippen LogP) is 0.263. The highest BCUT2D eigenvalue weighted by Crippen LogP contribution is 2.28. The summed E-state index contributed by atoms with van der Waals surface area (Å²) in [4.78, 5) is 16.6. The third kappa shape index (κ3) is 3.67. The van der Waals surface area contributed by atoms with E-state index in [1.165, 1.54) is 0 Å². The number of nitrogens with two attached hydrogens (primary N) is 1. The number of hydrogen-bond acceptors (Lipinski definition) is 5. The molecule has 1 unspecified atom stereocenters. The van der Waals surface area contributed by atoms with Crippen LogP contribution in [0.1, 0.15) is 38.3 Å². The number of amides is 1. The van der Waals surface area contributed by atoms with Crippen molar-refractivity contribution in [2.75, 3.05) is 44.2 Å². The quantitative estimate of drug-likeness (QED) is 0.743. The summed E-state index contributed by atoms with van der Waals surface area (Å²) in [6.45, 7) is 9.05. The molecular formula is C16H28N6O. The van der Waals surface area contributed by atoms with Gasteiger partial charge in [0.25, 0.3) is 0 Å². The van der Waals surface area contributed by atoms with E-state index in [9.17, 15) is 4.79 Å². The maximum atomic E-state index is 12.4. The molecular weight excluding hydrogens is 292 g/mol. The fraction of sp³-hybridized carbons (Fsp3) is 0.750.